The van der Waals surface area contributed by atoms with E-state index in [2.05, 4.69) is 0 Å². The van der Waals surface area contributed by atoms with E-state index in [0.29, 0.717) is 36.5 Å². The molecule has 0 atom stereocenters. The molecule has 0 aliphatic carbocycles. The molecule has 2 aliphatic heterocycles. The van der Waals surface area contributed by atoms with Gasteiger partial charge in [-0.1, -0.05) is 18.2 Å². The maximum Gasteiger partial charge on any atom is 0.417 e. The molecule has 2 saturated heterocycles. The molecule has 9 nitrogen and oxygen atoms in total. The Hall–Kier alpha value is -3.14. The molecule has 0 radical (unpaired) electrons. The number of likely N-dealkylation sites (tertiary alicyclic amines) is 1. The van der Waals surface area contributed by atoms with Gasteiger partial charge in [0.25, 0.3) is 5.91 Å². The number of nitrogens with zero attached hydrogens (tertiary/aromatic N) is 2. The molecule has 158 valence electrons. The smallest absolute Gasteiger partial charge is 0.417 e. The number of nitrogen functional groups attached to an aromatic ring is 1. The number of anilines is 1. The number of amides is 3. The maximum atomic E-state index is 13.1. The first-order valence-corrected chi connectivity index (χ1v) is 10.4. The highest BCUT2D eigenvalue weighted by Gasteiger charge is 2.47. The third-order valence-corrected chi connectivity index (χ3v) is 6.65. The Kier molecular flexibility index (Phi) is 5.10. The van der Waals surface area contributed by atoms with E-state index < -0.39 is 23.6 Å². The fourth-order valence-corrected chi connectivity index (χ4v) is 4.97. The van der Waals surface area contributed by atoms with Gasteiger partial charge in [0.05, 0.1) is 23.4 Å². The second-order valence-corrected chi connectivity index (χ2v) is 8.63. The van der Waals surface area contributed by atoms with Gasteiger partial charge in [-0.05, 0) is 6.07 Å². The number of hydrogen-bond donors (Lipinski definition) is 2. The number of aliphatic carboxylic acids is 1. The fraction of sp³-hybridized carbons (Fsp3) is 0.400. The van der Waals surface area contributed by atoms with E-state index >= 15 is 0 Å². The van der Waals surface area contributed by atoms with Crippen molar-refractivity contribution in [3.8, 4) is 0 Å². The Labute approximate surface area is 176 Å². The van der Waals surface area contributed by atoms with E-state index in [0.717, 1.165) is 15.0 Å². The summed E-state index contributed by atoms with van der Waals surface area (Å²) in [5, 5.41) is 10.1. The first-order chi connectivity index (χ1) is 14.3. The standard InChI is InChI=1S/C20H21N3O6S/c21-17-16(12-3-1-2-4-13(12)30-17)18(27)22-9-6-20(7-10-22)11-14(24)23(19(28)29-20)8-5-15(25)26/h1-4H,5-11,21H2,(H,25,26). The number of imide groups is 1. The molecule has 0 bridgehead atoms. The van der Waals surface area contributed by atoms with E-state index in [1.165, 1.54) is 11.3 Å². The van der Waals surface area contributed by atoms with Crippen molar-refractivity contribution in [2.24, 2.45) is 0 Å². The molecule has 4 rings (SSSR count). The summed E-state index contributed by atoms with van der Waals surface area (Å²) in [6.45, 7) is 0.453. The molecule has 3 heterocycles. The zero-order chi connectivity index (χ0) is 21.5. The minimum absolute atomic E-state index is 0.0100. The quantitative estimate of drug-likeness (QED) is 0.759. The number of carboxylic acids is 1. The Morgan fingerprint density at radius 3 is 2.57 bits per heavy atom. The number of carbonyl (C=O) groups excluding carboxylic acids is 3. The molecule has 2 fully saturated rings. The van der Waals surface area contributed by atoms with E-state index in [4.69, 9.17) is 15.6 Å². The van der Waals surface area contributed by atoms with Gasteiger partial charge in [-0.2, -0.15) is 0 Å². The summed E-state index contributed by atoms with van der Waals surface area (Å²) in [5.74, 6) is -1.71. The summed E-state index contributed by atoms with van der Waals surface area (Å²) in [5.41, 5.74) is 5.65. The minimum Gasteiger partial charge on any atom is -0.481 e. The third kappa shape index (κ3) is 3.58. The van der Waals surface area contributed by atoms with Crippen LogP contribution < -0.4 is 5.73 Å². The van der Waals surface area contributed by atoms with E-state index in [9.17, 15) is 19.2 Å². The van der Waals surface area contributed by atoms with Gasteiger partial charge in [-0.25, -0.2) is 9.69 Å². The summed E-state index contributed by atoms with van der Waals surface area (Å²) in [6, 6.07) is 7.54. The largest absolute Gasteiger partial charge is 0.481 e. The van der Waals surface area contributed by atoms with Gasteiger partial charge in [-0.3, -0.25) is 14.4 Å². The minimum atomic E-state index is -1.09. The number of nitrogens with two attached hydrogens (primary N) is 1. The summed E-state index contributed by atoms with van der Waals surface area (Å²) in [6.07, 6.45) is -0.480. The monoisotopic (exact) mass is 431 g/mol. The molecule has 1 aromatic carbocycles. The second kappa shape index (κ2) is 7.60. The van der Waals surface area contributed by atoms with Crippen LogP contribution in [0.2, 0.25) is 0 Å². The van der Waals surface area contributed by atoms with Crippen LogP contribution in [-0.2, 0) is 14.3 Å². The van der Waals surface area contributed by atoms with Crippen molar-refractivity contribution < 1.29 is 29.0 Å². The first kappa shape index (κ1) is 20.1. The molecular weight excluding hydrogens is 410 g/mol. The van der Waals surface area contributed by atoms with Crippen LogP contribution in [0.5, 0.6) is 0 Å². The average Bonchev–Trinajstić information content (AvgIpc) is 3.02. The normalized spacial score (nSPS) is 18.7. The number of hydrogen-bond acceptors (Lipinski definition) is 7. The molecule has 0 saturated carbocycles. The van der Waals surface area contributed by atoms with Gasteiger partial charge in [0.1, 0.15) is 5.60 Å². The van der Waals surface area contributed by atoms with Crippen molar-refractivity contribution in [2.75, 3.05) is 25.4 Å². The predicted octanol–water partition coefficient (Wildman–Crippen LogP) is 2.30. The van der Waals surface area contributed by atoms with Crippen LogP contribution in [0.1, 0.15) is 36.0 Å². The Morgan fingerprint density at radius 2 is 1.90 bits per heavy atom. The van der Waals surface area contributed by atoms with Gasteiger partial charge in [0.15, 0.2) is 0 Å². The highest BCUT2D eigenvalue weighted by atomic mass is 32.1. The van der Waals surface area contributed by atoms with Crippen molar-refractivity contribution in [1.82, 2.24) is 9.80 Å². The lowest BCUT2D eigenvalue weighted by atomic mass is 9.86. The summed E-state index contributed by atoms with van der Waals surface area (Å²) < 4.78 is 6.50. The Morgan fingerprint density at radius 1 is 1.20 bits per heavy atom. The number of ether oxygens (including phenoxy) is 1. The van der Waals surface area contributed by atoms with E-state index in [-0.39, 0.29) is 25.3 Å². The van der Waals surface area contributed by atoms with Gasteiger partial charge >= 0.3 is 12.1 Å². The first-order valence-electron chi connectivity index (χ1n) is 9.61. The van der Waals surface area contributed by atoms with Crippen LogP contribution >= 0.6 is 11.3 Å². The molecule has 30 heavy (non-hydrogen) atoms. The lowest BCUT2D eigenvalue weighted by Crippen LogP contribution is -2.57. The zero-order valence-electron chi connectivity index (χ0n) is 16.1. The maximum absolute atomic E-state index is 13.1. The number of carbonyl (C=O) groups is 4. The number of carboxylic acid groups (broad SMARTS) is 1. The molecular formula is C20H21N3O6S. The number of thiophene rings is 1. The second-order valence-electron chi connectivity index (χ2n) is 7.55. The van der Waals surface area contributed by atoms with Crippen molar-refractivity contribution in [1.29, 1.82) is 0 Å². The van der Waals surface area contributed by atoms with Crippen molar-refractivity contribution in [3.05, 3.63) is 29.8 Å². The van der Waals surface area contributed by atoms with Gasteiger partial charge in [0, 0.05) is 42.6 Å². The van der Waals surface area contributed by atoms with Crippen LogP contribution in [0.15, 0.2) is 24.3 Å². The van der Waals surface area contributed by atoms with Gasteiger partial charge < -0.3 is 20.5 Å². The molecule has 3 N–H and O–H groups in total. The third-order valence-electron chi connectivity index (χ3n) is 5.65. The molecule has 0 unspecified atom stereocenters. The van der Waals surface area contributed by atoms with Crippen LogP contribution in [0.4, 0.5) is 9.80 Å². The number of piperidine rings is 1. The van der Waals surface area contributed by atoms with Crippen LogP contribution in [-0.4, -0.2) is 64.0 Å². The predicted molar refractivity (Wildman–Crippen MR) is 109 cm³/mol. The zero-order valence-corrected chi connectivity index (χ0v) is 16.9. The molecule has 3 amide bonds. The van der Waals surface area contributed by atoms with Crippen LogP contribution in [0.25, 0.3) is 10.1 Å². The number of rotatable bonds is 4. The number of benzene rings is 1. The molecule has 2 aliphatic rings. The number of fused-ring (bicyclic) bond motifs is 1. The van der Waals surface area contributed by atoms with Gasteiger partial charge in [-0.15, -0.1) is 11.3 Å². The summed E-state index contributed by atoms with van der Waals surface area (Å²) in [4.78, 5) is 51.0. The lowest BCUT2D eigenvalue weighted by Gasteiger charge is -2.44. The summed E-state index contributed by atoms with van der Waals surface area (Å²) in [7, 11) is 0. The summed E-state index contributed by atoms with van der Waals surface area (Å²) >= 11 is 1.37. The highest BCUT2D eigenvalue weighted by Crippen LogP contribution is 2.38. The van der Waals surface area contributed by atoms with Crippen molar-refractivity contribution in [3.63, 3.8) is 0 Å². The van der Waals surface area contributed by atoms with Gasteiger partial charge in [0.2, 0.25) is 5.91 Å². The molecule has 10 heteroatoms. The lowest BCUT2D eigenvalue weighted by molar-refractivity contribution is -0.148. The van der Waals surface area contributed by atoms with Crippen LogP contribution in [0, 0.1) is 0 Å². The average molecular weight is 431 g/mol. The Balaban J connectivity index is 1.44. The van der Waals surface area contributed by atoms with Crippen molar-refractivity contribution >= 4 is 50.3 Å². The Bertz CT molecular complexity index is 1020. The van der Waals surface area contributed by atoms with E-state index in [1.54, 1.807) is 4.90 Å². The topological polar surface area (TPSA) is 130 Å². The molecule has 1 spiro atoms. The molecule has 1 aromatic heterocycles. The van der Waals surface area contributed by atoms with Crippen molar-refractivity contribution in [2.45, 2.75) is 31.3 Å². The van der Waals surface area contributed by atoms with Crippen LogP contribution in [0.3, 0.4) is 0 Å². The highest BCUT2D eigenvalue weighted by molar-refractivity contribution is 7.23. The van der Waals surface area contributed by atoms with E-state index in [1.807, 2.05) is 24.3 Å². The molecule has 2 aromatic rings. The fourth-order valence-electron chi connectivity index (χ4n) is 4.01. The SMILES string of the molecule is Nc1sc2ccccc2c1C(=O)N1CCC2(CC1)CC(=O)N(CCC(=O)O)C(=O)O2.